The van der Waals surface area contributed by atoms with Crippen molar-refractivity contribution in [2.24, 2.45) is 0 Å². The molecule has 0 radical (unpaired) electrons. The number of benzene rings is 1. The maximum absolute atomic E-state index is 12.1. The molecule has 1 aliphatic heterocycles. The first kappa shape index (κ1) is 14.6. The van der Waals surface area contributed by atoms with E-state index in [4.69, 9.17) is 4.74 Å². The second-order valence-electron chi connectivity index (χ2n) is 4.95. The summed E-state index contributed by atoms with van der Waals surface area (Å²) in [6.45, 7) is 1.56. The van der Waals surface area contributed by atoms with Crippen molar-refractivity contribution < 1.29 is 14.3 Å². The summed E-state index contributed by atoms with van der Waals surface area (Å²) in [5.41, 5.74) is 2.56. The average Bonchev–Trinajstić information content (AvgIpc) is 3.19. The third-order valence-corrected chi connectivity index (χ3v) is 4.21. The molecule has 0 saturated carbocycles. The lowest BCUT2D eigenvalue weighted by atomic mass is 10.1. The van der Waals surface area contributed by atoms with E-state index >= 15 is 0 Å². The standard InChI is InChI=1S/C16H16N2O3S/c19-15(17-7-5-12-6-10-22-11-12)13-1-3-14(4-2-13)18-8-9-21-16(18)20/h1-4,6,10-11H,5,7-9H2,(H,17,19). The number of hydrogen-bond acceptors (Lipinski definition) is 4. The number of thiophene rings is 1. The first-order valence-corrected chi connectivity index (χ1v) is 8.02. The fraction of sp³-hybridized carbons (Fsp3) is 0.250. The molecule has 0 bridgehead atoms. The van der Waals surface area contributed by atoms with Gasteiger partial charge in [0.2, 0.25) is 0 Å². The van der Waals surface area contributed by atoms with Gasteiger partial charge in [0.05, 0.1) is 6.54 Å². The van der Waals surface area contributed by atoms with Gasteiger partial charge < -0.3 is 10.1 Å². The number of cyclic esters (lactones) is 1. The molecule has 6 heteroatoms. The number of carbonyl (C=O) groups excluding carboxylic acids is 2. The van der Waals surface area contributed by atoms with Crippen LogP contribution in [0.3, 0.4) is 0 Å². The van der Waals surface area contributed by atoms with Crippen molar-refractivity contribution in [3.8, 4) is 0 Å². The van der Waals surface area contributed by atoms with E-state index in [0.717, 1.165) is 12.1 Å². The van der Waals surface area contributed by atoms with Gasteiger partial charge in [-0.05, 0) is 53.1 Å². The van der Waals surface area contributed by atoms with E-state index in [2.05, 4.69) is 16.8 Å². The number of nitrogens with zero attached hydrogens (tertiary/aromatic N) is 1. The predicted molar refractivity (Wildman–Crippen MR) is 85.5 cm³/mol. The van der Waals surface area contributed by atoms with Crippen LogP contribution in [0.1, 0.15) is 15.9 Å². The van der Waals surface area contributed by atoms with Gasteiger partial charge in [0.15, 0.2) is 0 Å². The van der Waals surface area contributed by atoms with Gasteiger partial charge >= 0.3 is 6.09 Å². The summed E-state index contributed by atoms with van der Waals surface area (Å²) in [6.07, 6.45) is 0.486. The Morgan fingerprint density at radius 3 is 2.73 bits per heavy atom. The molecule has 2 amide bonds. The van der Waals surface area contributed by atoms with Crippen LogP contribution in [0.15, 0.2) is 41.1 Å². The van der Waals surface area contributed by atoms with Gasteiger partial charge in [-0.1, -0.05) is 0 Å². The van der Waals surface area contributed by atoms with Gasteiger partial charge in [-0.15, -0.1) is 0 Å². The van der Waals surface area contributed by atoms with Crippen molar-refractivity contribution in [3.05, 3.63) is 52.2 Å². The quantitative estimate of drug-likeness (QED) is 0.922. The second-order valence-corrected chi connectivity index (χ2v) is 5.73. The average molecular weight is 316 g/mol. The van der Waals surface area contributed by atoms with Crippen LogP contribution >= 0.6 is 11.3 Å². The Bertz CT molecular complexity index is 653. The van der Waals surface area contributed by atoms with Crippen LogP contribution in [-0.4, -0.2) is 31.7 Å². The van der Waals surface area contributed by atoms with Crippen LogP contribution in [-0.2, 0) is 11.2 Å². The molecule has 3 rings (SSSR count). The van der Waals surface area contributed by atoms with Gasteiger partial charge in [-0.3, -0.25) is 9.69 Å². The molecule has 114 valence electrons. The van der Waals surface area contributed by atoms with Crippen LogP contribution < -0.4 is 10.2 Å². The lowest BCUT2D eigenvalue weighted by molar-refractivity contribution is 0.0954. The molecule has 0 atom stereocenters. The Hall–Kier alpha value is -2.34. The lowest BCUT2D eigenvalue weighted by Crippen LogP contribution is -2.26. The number of anilines is 1. The number of carbonyl (C=O) groups is 2. The number of rotatable bonds is 5. The number of amides is 2. The minimum absolute atomic E-state index is 0.106. The van der Waals surface area contributed by atoms with Crippen LogP contribution in [0.4, 0.5) is 10.5 Å². The molecule has 1 aromatic carbocycles. The maximum atomic E-state index is 12.1. The number of ether oxygens (including phenoxy) is 1. The second kappa shape index (κ2) is 6.62. The molecule has 2 heterocycles. The molecule has 1 saturated heterocycles. The zero-order chi connectivity index (χ0) is 15.4. The van der Waals surface area contributed by atoms with E-state index in [1.54, 1.807) is 40.5 Å². The first-order valence-electron chi connectivity index (χ1n) is 7.08. The molecule has 2 aromatic rings. The molecular weight excluding hydrogens is 300 g/mol. The third kappa shape index (κ3) is 3.28. The van der Waals surface area contributed by atoms with E-state index in [9.17, 15) is 9.59 Å². The van der Waals surface area contributed by atoms with E-state index in [1.807, 2.05) is 5.38 Å². The van der Waals surface area contributed by atoms with Crippen molar-refractivity contribution in [2.45, 2.75) is 6.42 Å². The minimum atomic E-state index is -0.340. The van der Waals surface area contributed by atoms with Crippen molar-refractivity contribution in [1.82, 2.24) is 5.32 Å². The monoisotopic (exact) mass is 316 g/mol. The molecule has 5 nitrogen and oxygen atoms in total. The molecule has 1 aromatic heterocycles. The fourth-order valence-electron chi connectivity index (χ4n) is 2.28. The van der Waals surface area contributed by atoms with Crippen molar-refractivity contribution in [2.75, 3.05) is 24.6 Å². The molecule has 0 unspecified atom stereocenters. The number of nitrogens with one attached hydrogen (secondary N) is 1. The van der Waals surface area contributed by atoms with Gasteiger partial charge in [0, 0.05) is 17.8 Å². The molecule has 1 fully saturated rings. The summed E-state index contributed by atoms with van der Waals surface area (Å²) in [5, 5.41) is 7.00. The summed E-state index contributed by atoms with van der Waals surface area (Å²) in [6, 6.07) is 9.03. The zero-order valence-electron chi connectivity index (χ0n) is 12.0. The van der Waals surface area contributed by atoms with E-state index < -0.39 is 0 Å². The topological polar surface area (TPSA) is 58.6 Å². The van der Waals surface area contributed by atoms with Gasteiger partial charge in [0.1, 0.15) is 6.61 Å². The van der Waals surface area contributed by atoms with Gasteiger partial charge in [-0.25, -0.2) is 4.79 Å². The van der Waals surface area contributed by atoms with Crippen LogP contribution in [0.25, 0.3) is 0 Å². The molecule has 22 heavy (non-hydrogen) atoms. The highest BCUT2D eigenvalue weighted by Crippen LogP contribution is 2.19. The SMILES string of the molecule is O=C(NCCc1ccsc1)c1ccc(N2CCOC2=O)cc1. The highest BCUT2D eigenvalue weighted by molar-refractivity contribution is 7.07. The van der Waals surface area contributed by atoms with E-state index in [0.29, 0.717) is 25.3 Å². The Balaban J connectivity index is 1.55. The van der Waals surface area contributed by atoms with Crippen molar-refractivity contribution in [3.63, 3.8) is 0 Å². The van der Waals surface area contributed by atoms with E-state index in [1.165, 1.54) is 5.56 Å². The molecule has 1 N–H and O–H groups in total. The molecular formula is C16H16N2O3S. The summed E-state index contributed by atoms with van der Waals surface area (Å²) in [4.78, 5) is 25.1. The van der Waals surface area contributed by atoms with Gasteiger partial charge in [-0.2, -0.15) is 11.3 Å². The van der Waals surface area contributed by atoms with Crippen LogP contribution in [0.2, 0.25) is 0 Å². The highest BCUT2D eigenvalue weighted by Gasteiger charge is 2.23. The summed E-state index contributed by atoms with van der Waals surface area (Å²) in [7, 11) is 0. The Kier molecular flexibility index (Phi) is 4.39. The predicted octanol–water partition coefficient (Wildman–Crippen LogP) is 2.68. The summed E-state index contributed by atoms with van der Waals surface area (Å²) >= 11 is 1.65. The Morgan fingerprint density at radius 2 is 2.09 bits per heavy atom. The first-order chi connectivity index (χ1) is 10.7. The van der Waals surface area contributed by atoms with Crippen LogP contribution in [0.5, 0.6) is 0 Å². The smallest absolute Gasteiger partial charge is 0.414 e. The maximum Gasteiger partial charge on any atom is 0.414 e. The third-order valence-electron chi connectivity index (χ3n) is 3.48. The zero-order valence-corrected chi connectivity index (χ0v) is 12.8. The van der Waals surface area contributed by atoms with E-state index in [-0.39, 0.29) is 12.0 Å². The molecule has 0 spiro atoms. The van der Waals surface area contributed by atoms with Crippen LogP contribution in [0, 0.1) is 0 Å². The largest absolute Gasteiger partial charge is 0.447 e. The normalized spacial score (nSPS) is 14.0. The van der Waals surface area contributed by atoms with Gasteiger partial charge in [0.25, 0.3) is 5.91 Å². The summed E-state index contributed by atoms with van der Waals surface area (Å²) in [5.74, 6) is -0.106. The fourth-order valence-corrected chi connectivity index (χ4v) is 2.98. The number of hydrogen-bond donors (Lipinski definition) is 1. The van der Waals surface area contributed by atoms with Crippen molar-refractivity contribution in [1.29, 1.82) is 0 Å². The van der Waals surface area contributed by atoms with Crippen molar-refractivity contribution >= 4 is 29.0 Å². The highest BCUT2D eigenvalue weighted by atomic mass is 32.1. The lowest BCUT2D eigenvalue weighted by Gasteiger charge is -2.13. The summed E-state index contributed by atoms with van der Waals surface area (Å²) < 4.78 is 4.89. The molecule has 0 aliphatic carbocycles. The Labute approximate surface area is 132 Å². The molecule has 1 aliphatic rings. The minimum Gasteiger partial charge on any atom is -0.447 e. The Morgan fingerprint density at radius 1 is 1.27 bits per heavy atom.